The van der Waals surface area contributed by atoms with Gasteiger partial charge in [0.15, 0.2) is 6.61 Å². The number of nitrogens with one attached hydrogen (secondary N) is 1. The van der Waals surface area contributed by atoms with Gasteiger partial charge in [-0.05, 0) is 44.2 Å². The molecule has 4 rings (SSSR count). The third-order valence-electron chi connectivity index (χ3n) is 5.76. The minimum absolute atomic E-state index is 0.0145. The molecule has 25 heavy (non-hydrogen) atoms. The van der Waals surface area contributed by atoms with E-state index in [0.29, 0.717) is 5.69 Å². The summed E-state index contributed by atoms with van der Waals surface area (Å²) in [7, 11) is 0. The number of hydrogen-bond donors (Lipinski definition) is 1. The lowest BCUT2D eigenvalue weighted by molar-refractivity contribution is -0.157. The number of rotatable bonds is 4. The molecule has 3 aliphatic rings. The fourth-order valence-corrected chi connectivity index (χ4v) is 4.70. The Bertz CT molecular complexity index is 756. The highest BCUT2D eigenvalue weighted by atomic mass is 16.6. The van der Waals surface area contributed by atoms with Crippen LogP contribution in [0.3, 0.4) is 0 Å². The Morgan fingerprint density at radius 3 is 2.84 bits per heavy atom. The van der Waals surface area contributed by atoms with Crippen LogP contribution in [0.15, 0.2) is 18.2 Å². The monoisotopic (exact) mass is 343 g/mol. The second kappa shape index (κ2) is 5.86. The first-order chi connectivity index (χ1) is 11.9. The molecule has 2 bridgehead atoms. The summed E-state index contributed by atoms with van der Waals surface area (Å²) in [5.41, 5.74) is 2.77. The number of aryl methyl sites for hydroxylation is 2. The minimum Gasteiger partial charge on any atom is -0.462 e. The molecule has 3 fully saturated rings. The maximum absolute atomic E-state index is 12.4. The maximum atomic E-state index is 12.4. The van der Waals surface area contributed by atoms with E-state index in [-0.39, 0.29) is 42.3 Å². The SMILES string of the molecule is Cc1ccc(NC(=O)COC(=O)[C@@H]2[C@@H]3C[C@@H]4[C@@H]2C(=O)O[C@H]4C3)c(C)c1. The third kappa shape index (κ3) is 2.69. The lowest BCUT2D eigenvalue weighted by atomic mass is 9.80. The van der Waals surface area contributed by atoms with Gasteiger partial charge in [0.05, 0.1) is 11.8 Å². The molecule has 1 aromatic carbocycles. The van der Waals surface area contributed by atoms with Gasteiger partial charge in [-0.1, -0.05) is 17.7 Å². The molecule has 6 heteroatoms. The van der Waals surface area contributed by atoms with Crippen molar-refractivity contribution in [2.24, 2.45) is 23.7 Å². The van der Waals surface area contributed by atoms with Crippen LogP contribution in [0, 0.1) is 37.5 Å². The van der Waals surface area contributed by atoms with Crippen molar-refractivity contribution in [3.8, 4) is 0 Å². The van der Waals surface area contributed by atoms with Gasteiger partial charge in [-0.2, -0.15) is 0 Å². The fourth-order valence-electron chi connectivity index (χ4n) is 4.70. The Balaban J connectivity index is 1.34. The summed E-state index contributed by atoms with van der Waals surface area (Å²) in [5, 5.41) is 2.75. The highest BCUT2D eigenvalue weighted by Gasteiger charge is 2.64. The van der Waals surface area contributed by atoms with Crippen molar-refractivity contribution in [2.75, 3.05) is 11.9 Å². The van der Waals surface area contributed by atoms with E-state index in [1.54, 1.807) is 0 Å². The standard InChI is InChI=1S/C19H21NO5/c1-9-3-4-13(10(2)5-9)20-15(21)8-24-18(22)16-11-6-12-14(7-11)25-19(23)17(12)16/h3-5,11-12,14,16-17H,6-8H2,1-2H3,(H,20,21)/t11-,12+,14+,16-,17+/m1/s1. The largest absolute Gasteiger partial charge is 0.462 e. The average Bonchev–Trinajstić information content (AvgIpc) is 3.17. The van der Waals surface area contributed by atoms with Crippen LogP contribution < -0.4 is 5.32 Å². The highest BCUT2D eigenvalue weighted by molar-refractivity contribution is 5.94. The Kier molecular flexibility index (Phi) is 3.78. The Morgan fingerprint density at radius 1 is 1.28 bits per heavy atom. The highest BCUT2D eigenvalue weighted by Crippen LogP contribution is 2.57. The van der Waals surface area contributed by atoms with Crippen LogP contribution in [-0.2, 0) is 23.9 Å². The van der Waals surface area contributed by atoms with Crippen molar-refractivity contribution in [1.29, 1.82) is 0 Å². The molecule has 1 N–H and O–H groups in total. The number of hydrogen-bond acceptors (Lipinski definition) is 5. The van der Waals surface area contributed by atoms with Gasteiger partial charge >= 0.3 is 11.9 Å². The van der Waals surface area contributed by atoms with Crippen molar-refractivity contribution < 1.29 is 23.9 Å². The van der Waals surface area contributed by atoms with Gasteiger partial charge in [0, 0.05) is 11.6 Å². The quantitative estimate of drug-likeness (QED) is 0.846. The molecule has 0 unspecified atom stereocenters. The van der Waals surface area contributed by atoms with Crippen LogP contribution in [-0.4, -0.2) is 30.6 Å². The molecular weight excluding hydrogens is 322 g/mol. The topological polar surface area (TPSA) is 81.7 Å². The number of carbonyl (C=O) groups is 3. The van der Waals surface area contributed by atoms with Gasteiger partial charge in [-0.25, -0.2) is 0 Å². The van der Waals surface area contributed by atoms with E-state index in [1.807, 2.05) is 32.0 Å². The first-order valence-electron chi connectivity index (χ1n) is 8.68. The summed E-state index contributed by atoms with van der Waals surface area (Å²) in [4.78, 5) is 36.4. The number of fused-ring (bicyclic) bond motifs is 1. The van der Waals surface area contributed by atoms with E-state index in [0.717, 1.165) is 24.0 Å². The molecule has 1 aromatic rings. The molecule has 0 spiro atoms. The van der Waals surface area contributed by atoms with Gasteiger partial charge in [0.2, 0.25) is 0 Å². The zero-order valence-electron chi connectivity index (χ0n) is 14.3. The Morgan fingerprint density at radius 2 is 2.08 bits per heavy atom. The fraction of sp³-hybridized carbons (Fsp3) is 0.526. The van der Waals surface area contributed by atoms with Crippen molar-refractivity contribution in [2.45, 2.75) is 32.8 Å². The van der Waals surface area contributed by atoms with E-state index in [4.69, 9.17) is 9.47 Å². The molecule has 132 valence electrons. The summed E-state index contributed by atoms with van der Waals surface area (Å²) in [6, 6.07) is 5.71. The van der Waals surface area contributed by atoms with Crippen LogP contribution in [0.2, 0.25) is 0 Å². The number of anilines is 1. The van der Waals surface area contributed by atoms with Crippen molar-refractivity contribution in [1.82, 2.24) is 0 Å². The van der Waals surface area contributed by atoms with Crippen LogP contribution in [0.25, 0.3) is 0 Å². The van der Waals surface area contributed by atoms with Gasteiger partial charge < -0.3 is 14.8 Å². The molecule has 1 heterocycles. The lowest BCUT2D eigenvalue weighted by Gasteiger charge is -2.22. The summed E-state index contributed by atoms with van der Waals surface area (Å²) in [6.07, 6.45) is 1.57. The van der Waals surface area contributed by atoms with E-state index in [2.05, 4.69) is 5.32 Å². The molecule has 5 atom stereocenters. The molecule has 0 aromatic heterocycles. The van der Waals surface area contributed by atoms with Gasteiger partial charge in [-0.15, -0.1) is 0 Å². The van der Waals surface area contributed by atoms with Gasteiger partial charge in [0.25, 0.3) is 5.91 Å². The van der Waals surface area contributed by atoms with Gasteiger partial charge in [0.1, 0.15) is 6.10 Å². The van der Waals surface area contributed by atoms with E-state index in [1.165, 1.54) is 0 Å². The van der Waals surface area contributed by atoms with Crippen molar-refractivity contribution >= 4 is 23.5 Å². The smallest absolute Gasteiger partial charge is 0.310 e. The zero-order chi connectivity index (χ0) is 17.7. The third-order valence-corrected chi connectivity index (χ3v) is 5.76. The summed E-state index contributed by atoms with van der Waals surface area (Å²) in [5.74, 6) is -1.65. The van der Waals surface area contributed by atoms with Crippen molar-refractivity contribution in [3.63, 3.8) is 0 Å². The summed E-state index contributed by atoms with van der Waals surface area (Å²) >= 11 is 0. The predicted molar refractivity (Wildman–Crippen MR) is 88.6 cm³/mol. The number of ether oxygens (including phenoxy) is 2. The number of esters is 2. The molecule has 2 aliphatic carbocycles. The molecule has 1 saturated heterocycles. The summed E-state index contributed by atoms with van der Waals surface area (Å²) in [6.45, 7) is 3.55. The molecular formula is C19H21NO5. The number of benzene rings is 1. The van der Waals surface area contributed by atoms with Crippen LogP contribution in [0.1, 0.15) is 24.0 Å². The van der Waals surface area contributed by atoms with Crippen LogP contribution in [0.5, 0.6) is 0 Å². The number of amides is 1. The average molecular weight is 343 g/mol. The maximum Gasteiger partial charge on any atom is 0.310 e. The van der Waals surface area contributed by atoms with E-state index >= 15 is 0 Å². The van der Waals surface area contributed by atoms with Crippen LogP contribution in [0.4, 0.5) is 5.69 Å². The Hall–Kier alpha value is -2.37. The predicted octanol–water partition coefficient (Wildman–Crippen LogP) is 1.98. The summed E-state index contributed by atoms with van der Waals surface area (Å²) < 4.78 is 10.5. The first-order valence-corrected chi connectivity index (χ1v) is 8.68. The molecule has 6 nitrogen and oxygen atoms in total. The second-order valence-electron chi connectivity index (χ2n) is 7.40. The first kappa shape index (κ1) is 16.1. The number of carbonyl (C=O) groups excluding carboxylic acids is 3. The van der Waals surface area contributed by atoms with Crippen LogP contribution >= 0.6 is 0 Å². The molecule has 2 saturated carbocycles. The minimum atomic E-state index is -0.454. The van der Waals surface area contributed by atoms with E-state index < -0.39 is 11.9 Å². The molecule has 0 radical (unpaired) electrons. The zero-order valence-corrected chi connectivity index (χ0v) is 14.3. The molecule has 1 amide bonds. The van der Waals surface area contributed by atoms with Gasteiger partial charge in [-0.3, -0.25) is 14.4 Å². The lowest BCUT2D eigenvalue weighted by Crippen LogP contribution is -2.35. The van der Waals surface area contributed by atoms with E-state index in [9.17, 15) is 14.4 Å². The molecule has 1 aliphatic heterocycles. The normalized spacial score (nSPS) is 31.8. The Labute approximate surface area is 145 Å². The van der Waals surface area contributed by atoms with Crippen molar-refractivity contribution in [3.05, 3.63) is 29.3 Å². The second-order valence-corrected chi connectivity index (χ2v) is 7.40.